The molecule has 5 heteroatoms. The van der Waals surface area contributed by atoms with E-state index in [0.717, 1.165) is 0 Å². The van der Waals surface area contributed by atoms with E-state index in [9.17, 15) is 4.79 Å². The van der Waals surface area contributed by atoms with Gasteiger partial charge >= 0.3 is 0 Å². The van der Waals surface area contributed by atoms with Crippen LogP contribution in [0.5, 0.6) is 0 Å². The van der Waals surface area contributed by atoms with Crippen molar-refractivity contribution in [2.24, 2.45) is 5.73 Å². The van der Waals surface area contributed by atoms with Crippen molar-refractivity contribution in [2.75, 3.05) is 5.32 Å². The fraction of sp³-hybridized carbons (Fsp3) is 0.333. The van der Waals surface area contributed by atoms with Gasteiger partial charge in [-0.1, -0.05) is 11.6 Å². The first kappa shape index (κ1) is 10.8. The van der Waals surface area contributed by atoms with E-state index in [1.807, 2.05) is 0 Å². The van der Waals surface area contributed by atoms with Crippen molar-refractivity contribution in [1.82, 2.24) is 4.98 Å². The Bertz CT molecular complexity index is 334. The van der Waals surface area contributed by atoms with Gasteiger partial charge in [0.25, 0.3) is 0 Å². The lowest BCUT2D eigenvalue weighted by Gasteiger charge is -2.22. The van der Waals surface area contributed by atoms with Crippen molar-refractivity contribution >= 4 is 23.3 Å². The predicted octanol–water partition coefficient (Wildman–Crippen LogP) is 1.41. The van der Waals surface area contributed by atoms with Crippen molar-refractivity contribution < 1.29 is 4.79 Å². The number of nitrogens with two attached hydrogens (primary N) is 1. The highest BCUT2D eigenvalue weighted by atomic mass is 35.5. The van der Waals surface area contributed by atoms with Crippen LogP contribution < -0.4 is 11.1 Å². The van der Waals surface area contributed by atoms with Crippen LogP contribution in [0.1, 0.15) is 13.8 Å². The minimum absolute atomic E-state index is 0.436. The van der Waals surface area contributed by atoms with Gasteiger partial charge in [-0.2, -0.15) is 0 Å². The summed E-state index contributed by atoms with van der Waals surface area (Å²) in [5.74, 6) is 0.132. The van der Waals surface area contributed by atoms with Gasteiger partial charge in [0.1, 0.15) is 11.4 Å². The number of amides is 1. The first-order chi connectivity index (χ1) is 6.42. The number of aromatic nitrogens is 1. The van der Waals surface area contributed by atoms with E-state index in [1.165, 1.54) is 6.20 Å². The normalized spacial score (nSPS) is 11.1. The Morgan fingerprint density at radius 2 is 2.21 bits per heavy atom. The van der Waals surface area contributed by atoms with Crippen LogP contribution in [0.15, 0.2) is 18.3 Å². The maximum absolute atomic E-state index is 11.0. The zero-order chi connectivity index (χ0) is 10.8. The maximum Gasteiger partial charge on any atom is 0.242 e. The molecule has 1 heterocycles. The number of primary amides is 1. The molecule has 0 unspecified atom stereocenters. The van der Waals surface area contributed by atoms with Crippen LogP contribution in [0.2, 0.25) is 5.02 Å². The standard InChI is InChI=1S/C9H12ClN3O/c1-9(2,8(11)14)13-7-4-3-6(10)5-12-7/h3-5H,1-2H3,(H2,11,14)(H,12,13). The Kier molecular flexibility index (Phi) is 2.96. The highest BCUT2D eigenvalue weighted by Crippen LogP contribution is 2.14. The Morgan fingerprint density at radius 1 is 1.57 bits per heavy atom. The molecule has 76 valence electrons. The van der Waals surface area contributed by atoms with Crippen LogP contribution in [0.3, 0.4) is 0 Å². The van der Waals surface area contributed by atoms with E-state index in [-0.39, 0.29) is 0 Å². The molecular weight excluding hydrogens is 202 g/mol. The molecule has 0 aliphatic heterocycles. The van der Waals surface area contributed by atoms with Gasteiger partial charge in [0, 0.05) is 6.20 Å². The van der Waals surface area contributed by atoms with Crippen molar-refractivity contribution in [2.45, 2.75) is 19.4 Å². The third-order valence-electron chi connectivity index (χ3n) is 1.78. The molecule has 0 aromatic carbocycles. The molecule has 3 N–H and O–H groups in total. The molecule has 0 spiro atoms. The first-order valence-electron chi connectivity index (χ1n) is 4.11. The summed E-state index contributed by atoms with van der Waals surface area (Å²) in [6, 6.07) is 3.38. The van der Waals surface area contributed by atoms with Gasteiger partial charge < -0.3 is 11.1 Å². The number of pyridine rings is 1. The topological polar surface area (TPSA) is 68.0 Å². The van der Waals surface area contributed by atoms with E-state index >= 15 is 0 Å². The fourth-order valence-electron chi connectivity index (χ4n) is 0.832. The Morgan fingerprint density at radius 3 is 2.64 bits per heavy atom. The molecule has 0 saturated heterocycles. The van der Waals surface area contributed by atoms with Crippen LogP contribution in [-0.2, 0) is 4.79 Å². The third kappa shape index (κ3) is 2.60. The highest BCUT2D eigenvalue weighted by molar-refractivity contribution is 6.30. The molecule has 1 aromatic rings. The Hall–Kier alpha value is -1.29. The van der Waals surface area contributed by atoms with E-state index < -0.39 is 11.4 Å². The average molecular weight is 214 g/mol. The monoisotopic (exact) mass is 213 g/mol. The van der Waals surface area contributed by atoms with Gasteiger partial charge in [-0.15, -0.1) is 0 Å². The van der Waals surface area contributed by atoms with Crippen LogP contribution in [0, 0.1) is 0 Å². The van der Waals surface area contributed by atoms with Crippen LogP contribution in [-0.4, -0.2) is 16.4 Å². The zero-order valence-electron chi connectivity index (χ0n) is 8.04. The number of hydrogen-bond acceptors (Lipinski definition) is 3. The van der Waals surface area contributed by atoms with Crippen molar-refractivity contribution in [3.05, 3.63) is 23.4 Å². The smallest absolute Gasteiger partial charge is 0.242 e. The third-order valence-corrected chi connectivity index (χ3v) is 2.01. The molecule has 0 aliphatic carbocycles. The van der Waals surface area contributed by atoms with Gasteiger partial charge in [-0.3, -0.25) is 4.79 Å². The summed E-state index contributed by atoms with van der Waals surface area (Å²) in [6.45, 7) is 3.37. The molecule has 0 fully saturated rings. The van der Waals surface area contributed by atoms with Gasteiger partial charge in [-0.25, -0.2) is 4.98 Å². The lowest BCUT2D eigenvalue weighted by atomic mass is 10.1. The molecule has 14 heavy (non-hydrogen) atoms. The largest absolute Gasteiger partial charge is 0.368 e. The quantitative estimate of drug-likeness (QED) is 0.798. The molecular formula is C9H12ClN3O. The molecule has 1 amide bonds. The number of nitrogens with one attached hydrogen (secondary N) is 1. The van der Waals surface area contributed by atoms with E-state index in [2.05, 4.69) is 10.3 Å². The van der Waals surface area contributed by atoms with Crippen molar-refractivity contribution in [1.29, 1.82) is 0 Å². The van der Waals surface area contributed by atoms with E-state index in [4.69, 9.17) is 17.3 Å². The van der Waals surface area contributed by atoms with Crippen LogP contribution >= 0.6 is 11.6 Å². The molecule has 0 bridgehead atoms. The first-order valence-corrected chi connectivity index (χ1v) is 4.49. The number of rotatable bonds is 3. The second-order valence-corrected chi connectivity index (χ2v) is 3.91. The summed E-state index contributed by atoms with van der Waals surface area (Å²) in [6.07, 6.45) is 1.50. The molecule has 1 aromatic heterocycles. The van der Waals surface area contributed by atoms with Gasteiger partial charge in [0.05, 0.1) is 5.02 Å². The van der Waals surface area contributed by atoms with Gasteiger partial charge in [-0.05, 0) is 26.0 Å². The summed E-state index contributed by atoms with van der Waals surface area (Å²) in [4.78, 5) is 15.0. The van der Waals surface area contributed by atoms with Gasteiger partial charge in [0.15, 0.2) is 0 Å². The lowest BCUT2D eigenvalue weighted by Crippen LogP contribution is -2.45. The molecule has 1 rings (SSSR count). The van der Waals surface area contributed by atoms with E-state index in [1.54, 1.807) is 26.0 Å². The SMILES string of the molecule is CC(C)(Nc1ccc(Cl)cn1)C(N)=O. The van der Waals surface area contributed by atoms with E-state index in [0.29, 0.717) is 10.8 Å². The highest BCUT2D eigenvalue weighted by Gasteiger charge is 2.24. The van der Waals surface area contributed by atoms with Crippen molar-refractivity contribution in [3.8, 4) is 0 Å². The van der Waals surface area contributed by atoms with Gasteiger partial charge in [0.2, 0.25) is 5.91 Å². The molecule has 0 saturated carbocycles. The van der Waals surface area contributed by atoms with Crippen LogP contribution in [0.4, 0.5) is 5.82 Å². The number of carbonyl (C=O) groups is 1. The molecule has 0 aliphatic rings. The number of halogens is 1. The number of carbonyl (C=O) groups excluding carboxylic acids is 1. The second-order valence-electron chi connectivity index (χ2n) is 3.48. The lowest BCUT2D eigenvalue weighted by molar-refractivity contribution is -0.121. The number of hydrogen-bond donors (Lipinski definition) is 2. The predicted molar refractivity (Wildman–Crippen MR) is 56.1 cm³/mol. The zero-order valence-corrected chi connectivity index (χ0v) is 8.80. The molecule has 0 radical (unpaired) electrons. The molecule has 4 nitrogen and oxygen atoms in total. The second kappa shape index (κ2) is 3.84. The summed E-state index contributed by atoms with van der Waals surface area (Å²) < 4.78 is 0. The van der Waals surface area contributed by atoms with Crippen LogP contribution in [0.25, 0.3) is 0 Å². The maximum atomic E-state index is 11.0. The minimum atomic E-state index is -0.819. The Balaban J connectivity index is 2.79. The Labute approximate surface area is 87.5 Å². The average Bonchev–Trinajstić information content (AvgIpc) is 2.08. The minimum Gasteiger partial charge on any atom is -0.368 e. The molecule has 0 atom stereocenters. The fourth-order valence-corrected chi connectivity index (χ4v) is 0.943. The number of nitrogens with zero attached hydrogens (tertiary/aromatic N) is 1. The summed E-state index contributed by atoms with van der Waals surface area (Å²) in [5, 5.41) is 3.45. The summed E-state index contributed by atoms with van der Waals surface area (Å²) in [5.41, 5.74) is 4.37. The number of anilines is 1. The van der Waals surface area contributed by atoms with Crippen molar-refractivity contribution in [3.63, 3.8) is 0 Å². The summed E-state index contributed by atoms with van der Waals surface area (Å²) in [7, 11) is 0. The summed E-state index contributed by atoms with van der Waals surface area (Å²) >= 11 is 5.66.